The molecule has 6 heteroatoms. The van der Waals surface area contributed by atoms with Gasteiger partial charge in [0.1, 0.15) is 6.61 Å². The van der Waals surface area contributed by atoms with E-state index in [1.54, 1.807) is 11.8 Å². The third-order valence-electron chi connectivity index (χ3n) is 1.99. The molecule has 1 rings (SSSR count). The molecule has 5 nitrogen and oxygen atoms in total. The van der Waals surface area contributed by atoms with E-state index in [4.69, 9.17) is 9.84 Å². The van der Waals surface area contributed by atoms with Gasteiger partial charge in [0, 0.05) is 6.54 Å². The Labute approximate surface area is 92.6 Å². The van der Waals surface area contributed by atoms with Gasteiger partial charge < -0.3 is 15.2 Å². The topological polar surface area (TPSA) is 75.6 Å². The summed E-state index contributed by atoms with van der Waals surface area (Å²) in [6.45, 7) is 0.312. The highest BCUT2D eigenvalue weighted by atomic mass is 32.2. The summed E-state index contributed by atoms with van der Waals surface area (Å²) in [5.41, 5.74) is 0. The molecule has 0 aliphatic carbocycles. The van der Waals surface area contributed by atoms with Crippen molar-refractivity contribution in [1.82, 2.24) is 5.32 Å². The number of hydrogen-bond donors (Lipinski definition) is 2. The lowest BCUT2D eigenvalue weighted by molar-refractivity contribution is -0.142. The molecule has 1 unspecified atom stereocenters. The number of nitrogens with one attached hydrogen (secondary N) is 1. The number of ether oxygens (including phenoxy) is 1. The van der Waals surface area contributed by atoms with E-state index < -0.39 is 5.97 Å². The summed E-state index contributed by atoms with van der Waals surface area (Å²) in [6.07, 6.45) is 2.03. The van der Waals surface area contributed by atoms with Gasteiger partial charge in [-0.3, -0.25) is 4.79 Å². The SMILES string of the molecule is O=C(O)COCCNC(=O)C1CCCS1. The molecule has 1 fully saturated rings. The second-order valence-corrected chi connectivity index (χ2v) is 4.55. The minimum atomic E-state index is -0.993. The summed E-state index contributed by atoms with van der Waals surface area (Å²) in [5, 5.41) is 11.1. The first-order valence-corrected chi connectivity index (χ1v) is 5.94. The monoisotopic (exact) mass is 233 g/mol. The number of carboxylic acid groups (broad SMARTS) is 1. The number of rotatable bonds is 6. The van der Waals surface area contributed by atoms with Crippen LogP contribution in [0.5, 0.6) is 0 Å². The lowest BCUT2D eigenvalue weighted by atomic mass is 10.2. The number of amides is 1. The molecule has 1 heterocycles. The number of carbonyl (C=O) groups is 2. The van der Waals surface area contributed by atoms with Crippen molar-refractivity contribution in [3.8, 4) is 0 Å². The van der Waals surface area contributed by atoms with Crippen molar-refractivity contribution >= 4 is 23.6 Å². The van der Waals surface area contributed by atoms with Crippen molar-refractivity contribution < 1.29 is 19.4 Å². The maximum absolute atomic E-state index is 11.4. The third-order valence-corrected chi connectivity index (χ3v) is 3.37. The standard InChI is InChI=1S/C9H15NO4S/c11-8(12)6-14-4-3-10-9(13)7-2-1-5-15-7/h7H,1-6H2,(H,10,13)(H,11,12). The zero-order valence-electron chi connectivity index (χ0n) is 8.40. The van der Waals surface area contributed by atoms with E-state index in [1.165, 1.54) is 0 Å². The Kier molecular flexibility index (Phi) is 5.49. The molecule has 1 saturated heterocycles. The van der Waals surface area contributed by atoms with Crippen LogP contribution in [0.1, 0.15) is 12.8 Å². The van der Waals surface area contributed by atoms with Crippen LogP contribution in [0.15, 0.2) is 0 Å². The van der Waals surface area contributed by atoms with Crippen LogP contribution in [0.2, 0.25) is 0 Å². The van der Waals surface area contributed by atoms with Gasteiger partial charge in [-0.05, 0) is 18.6 Å². The molecule has 1 aliphatic heterocycles. The van der Waals surface area contributed by atoms with Crippen LogP contribution in [-0.2, 0) is 14.3 Å². The third kappa shape index (κ3) is 5.03. The Hall–Kier alpha value is -0.750. The van der Waals surface area contributed by atoms with Gasteiger partial charge >= 0.3 is 5.97 Å². The number of thioether (sulfide) groups is 1. The molecule has 2 N–H and O–H groups in total. The summed E-state index contributed by atoms with van der Waals surface area (Å²) in [5.74, 6) is 0.0947. The molecule has 0 spiro atoms. The summed E-state index contributed by atoms with van der Waals surface area (Å²) >= 11 is 1.67. The van der Waals surface area contributed by atoms with E-state index >= 15 is 0 Å². The predicted molar refractivity (Wildman–Crippen MR) is 56.9 cm³/mol. The zero-order chi connectivity index (χ0) is 11.1. The Morgan fingerprint density at radius 1 is 1.53 bits per heavy atom. The molecule has 1 amide bonds. The van der Waals surface area contributed by atoms with Crippen molar-refractivity contribution in [2.75, 3.05) is 25.5 Å². The first-order valence-electron chi connectivity index (χ1n) is 4.89. The van der Waals surface area contributed by atoms with E-state index in [0.29, 0.717) is 6.54 Å². The molecule has 86 valence electrons. The number of hydrogen-bond acceptors (Lipinski definition) is 4. The van der Waals surface area contributed by atoms with Crippen molar-refractivity contribution in [2.24, 2.45) is 0 Å². The largest absolute Gasteiger partial charge is 0.480 e. The molecular weight excluding hydrogens is 218 g/mol. The summed E-state index contributed by atoms with van der Waals surface area (Å²) in [7, 11) is 0. The van der Waals surface area contributed by atoms with Gasteiger partial charge in [0.15, 0.2) is 0 Å². The van der Waals surface area contributed by atoms with Gasteiger partial charge in [-0.1, -0.05) is 0 Å². The normalized spacial score (nSPS) is 20.1. The molecule has 1 atom stereocenters. The second-order valence-electron chi connectivity index (χ2n) is 3.24. The van der Waals surface area contributed by atoms with E-state index in [1.807, 2.05) is 0 Å². The van der Waals surface area contributed by atoms with Crippen LogP contribution in [0, 0.1) is 0 Å². The highest BCUT2D eigenvalue weighted by Gasteiger charge is 2.22. The van der Waals surface area contributed by atoms with Crippen molar-refractivity contribution in [1.29, 1.82) is 0 Å². The van der Waals surface area contributed by atoms with Gasteiger partial charge in [0.05, 0.1) is 11.9 Å². The molecule has 15 heavy (non-hydrogen) atoms. The van der Waals surface area contributed by atoms with E-state index in [2.05, 4.69) is 5.32 Å². The quantitative estimate of drug-likeness (QED) is 0.636. The highest BCUT2D eigenvalue weighted by Crippen LogP contribution is 2.25. The molecule has 0 aromatic heterocycles. The maximum Gasteiger partial charge on any atom is 0.329 e. The molecule has 0 aromatic carbocycles. The van der Waals surface area contributed by atoms with Crippen LogP contribution in [0.4, 0.5) is 0 Å². The average Bonchev–Trinajstić information content (AvgIpc) is 2.69. The number of aliphatic carboxylic acids is 1. The van der Waals surface area contributed by atoms with Crippen LogP contribution >= 0.6 is 11.8 Å². The zero-order valence-corrected chi connectivity index (χ0v) is 9.22. The fourth-order valence-corrected chi connectivity index (χ4v) is 2.49. The van der Waals surface area contributed by atoms with Crippen LogP contribution < -0.4 is 5.32 Å². The fraction of sp³-hybridized carbons (Fsp3) is 0.778. The molecule has 0 aromatic rings. The minimum Gasteiger partial charge on any atom is -0.480 e. The number of carboxylic acids is 1. The van der Waals surface area contributed by atoms with Gasteiger partial charge in [0.25, 0.3) is 0 Å². The Morgan fingerprint density at radius 2 is 2.33 bits per heavy atom. The highest BCUT2D eigenvalue weighted by molar-refractivity contribution is 8.00. The lowest BCUT2D eigenvalue weighted by Crippen LogP contribution is -2.34. The molecule has 1 aliphatic rings. The van der Waals surface area contributed by atoms with Gasteiger partial charge in [-0.15, -0.1) is 11.8 Å². The van der Waals surface area contributed by atoms with E-state index in [-0.39, 0.29) is 24.4 Å². The summed E-state index contributed by atoms with van der Waals surface area (Å²) in [6, 6.07) is 0. The van der Waals surface area contributed by atoms with E-state index in [9.17, 15) is 9.59 Å². The fourth-order valence-electron chi connectivity index (χ4n) is 1.30. The number of carbonyl (C=O) groups excluding carboxylic acids is 1. The molecule has 0 saturated carbocycles. The summed E-state index contributed by atoms with van der Waals surface area (Å²) in [4.78, 5) is 21.5. The Morgan fingerprint density at radius 3 is 2.93 bits per heavy atom. The second kappa shape index (κ2) is 6.68. The van der Waals surface area contributed by atoms with Crippen LogP contribution in [0.3, 0.4) is 0 Å². The summed E-state index contributed by atoms with van der Waals surface area (Å²) < 4.78 is 4.79. The maximum atomic E-state index is 11.4. The van der Waals surface area contributed by atoms with Crippen molar-refractivity contribution in [2.45, 2.75) is 18.1 Å². The molecular formula is C9H15NO4S. The van der Waals surface area contributed by atoms with Crippen molar-refractivity contribution in [3.63, 3.8) is 0 Å². The smallest absolute Gasteiger partial charge is 0.329 e. The Balaban J connectivity index is 1.99. The first kappa shape index (κ1) is 12.3. The predicted octanol–water partition coefficient (Wildman–Crippen LogP) is 0.0994. The van der Waals surface area contributed by atoms with E-state index in [0.717, 1.165) is 18.6 Å². The van der Waals surface area contributed by atoms with Gasteiger partial charge in [0.2, 0.25) is 5.91 Å². The van der Waals surface area contributed by atoms with Gasteiger partial charge in [-0.25, -0.2) is 4.79 Å². The Bertz CT molecular complexity index is 228. The molecule has 0 radical (unpaired) electrons. The molecule has 0 bridgehead atoms. The van der Waals surface area contributed by atoms with Crippen LogP contribution in [0.25, 0.3) is 0 Å². The first-order chi connectivity index (χ1) is 7.20. The van der Waals surface area contributed by atoms with Gasteiger partial charge in [-0.2, -0.15) is 0 Å². The lowest BCUT2D eigenvalue weighted by Gasteiger charge is -2.09. The minimum absolute atomic E-state index is 0.0384. The van der Waals surface area contributed by atoms with Crippen molar-refractivity contribution in [3.05, 3.63) is 0 Å². The van der Waals surface area contributed by atoms with Crippen LogP contribution in [-0.4, -0.2) is 47.7 Å². The average molecular weight is 233 g/mol.